The molecule has 0 radical (unpaired) electrons. The molecule has 0 unspecified atom stereocenters. The van der Waals surface area contributed by atoms with Crippen molar-refractivity contribution in [2.24, 2.45) is 0 Å². The van der Waals surface area contributed by atoms with E-state index in [1.807, 2.05) is 6.07 Å². The lowest BCUT2D eigenvalue weighted by molar-refractivity contribution is 0.141. The Morgan fingerprint density at radius 1 is 1.33 bits per heavy atom. The van der Waals surface area contributed by atoms with Gasteiger partial charge in [0.25, 0.3) is 0 Å². The molecule has 0 spiro atoms. The maximum absolute atomic E-state index is 8.90. The quantitative estimate of drug-likeness (QED) is 0.774. The molecule has 0 aromatic carbocycles. The number of pyridine rings is 1. The fraction of sp³-hybridized carbons (Fsp3) is 0.571. The van der Waals surface area contributed by atoms with E-state index in [9.17, 15) is 0 Å². The second-order valence-corrected chi connectivity index (χ2v) is 4.74. The Hall–Kier alpha value is -1.60. The van der Waals surface area contributed by atoms with Gasteiger partial charge in [0.2, 0.25) is 0 Å². The zero-order valence-corrected chi connectivity index (χ0v) is 11.6. The Labute approximate surface area is 109 Å². The number of hydrogen-bond donors (Lipinski definition) is 0. The van der Waals surface area contributed by atoms with Crippen LogP contribution in [0.5, 0.6) is 5.75 Å². The zero-order chi connectivity index (χ0) is 13.5. The highest BCUT2D eigenvalue weighted by Crippen LogP contribution is 2.14. The summed E-state index contributed by atoms with van der Waals surface area (Å²) in [6.07, 6.45) is 1.60. The van der Waals surface area contributed by atoms with Crippen LogP contribution in [0, 0.1) is 11.3 Å². The van der Waals surface area contributed by atoms with Crippen molar-refractivity contribution in [1.82, 2.24) is 9.88 Å². The van der Waals surface area contributed by atoms with Gasteiger partial charge in [0.05, 0.1) is 0 Å². The molecule has 0 atom stereocenters. The van der Waals surface area contributed by atoms with E-state index < -0.39 is 0 Å². The highest BCUT2D eigenvalue weighted by atomic mass is 16.5. The largest absolute Gasteiger partial charge is 0.489 e. The van der Waals surface area contributed by atoms with E-state index in [0.717, 1.165) is 6.54 Å². The molecule has 0 fully saturated rings. The topological polar surface area (TPSA) is 49.1 Å². The molecule has 1 aromatic rings. The Balaban J connectivity index is 2.53. The van der Waals surface area contributed by atoms with Crippen LogP contribution in [-0.4, -0.2) is 35.1 Å². The standard InChI is InChI=1S/C14H21N3O/c1-11(2)17(12(3)4)8-9-18-14-6-5-7-16-13(14)10-15/h5-7,11-12H,8-9H2,1-4H3. The fourth-order valence-electron chi connectivity index (χ4n) is 1.96. The van der Waals surface area contributed by atoms with Gasteiger partial charge in [-0.2, -0.15) is 5.26 Å². The van der Waals surface area contributed by atoms with E-state index >= 15 is 0 Å². The van der Waals surface area contributed by atoms with E-state index in [-0.39, 0.29) is 0 Å². The van der Waals surface area contributed by atoms with Gasteiger partial charge in [0.1, 0.15) is 12.7 Å². The van der Waals surface area contributed by atoms with Crippen LogP contribution < -0.4 is 4.74 Å². The molecule has 1 heterocycles. The first-order valence-electron chi connectivity index (χ1n) is 6.30. The van der Waals surface area contributed by atoms with Crippen molar-refractivity contribution in [3.05, 3.63) is 24.0 Å². The molecule has 18 heavy (non-hydrogen) atoms. The predicted octanol–water partition coefficient (Wildman–Crippen LogP) is 2.45. The fourth-order valence-corrected chi connectivity index (χ4v) is 1.96. The monoisotopic (exact) mass is 247 g/mol. The number of ether oxygens (including phenoxy) is 1. The van der Waals surface area contributed by atoms with Crippen LogP contribution in [-0.2, 0) is 0 Å². The number of aromatic nitrogens is 1. The summed E-state index contributed by atoms with van der Waals surface area (Å²) in [4.78, 5) is 6.32. The van der Waals surface area contributed by atoms with Crippen molar-refractivity contribution >= 4 is 0 Å². The van der Waals surface area contributed by atoms with Gasteiger partial charge in [-0.3, -0.25) is 4.90 Å². The smallest absolute Gasteiger partial charge is 0.182 e. The van der Waals surface area contributed by atoms with Gasteiger partial charge >= 0.3 is 0 Å². The Morgan fingerprint density at radius 2 is 2.00 bits per heavy atom. The number of nitrogens with zero attached hydrogens (tertiary/aromatic N) is 3. The summed E-state index contributed by atoms with van der Waals surface area (Å²) in [6.45, 7) is 10.1. The summed E-state index contributed by atoms with van der Waals surface area (Å²) in [6, 6.07) is 6.55. The molecule has 0 N–H and O–H groups in total. The van der Waals surface area contributed by atoms with Gasteiger partial charge in [-0.05, 0) is 39.8 Å². The van der Waals surface area contributed by atoms with Crippen molar-refractivity contribution in [2.45, 2.75) is 39.8 Å². The van der Waals surface area contributed by atoms with E-state index in [1.165, 1.54) is 0 Å². The molecule has 0 aliphatic rings. The molecule has 0 amide bonds. The van der Waals surface area contributed by atoms with E-state index in [4.69, 9.17) is 10.00 Å². The first kappa shape index (κ1) is 14.5. The molecule has 0 saturated heterocycles. The van der Waals surface area contributed by atoms with Crippen LogP contribution in [0.3, 0.4) is 0 Å². The minimum atomic E-state index is 0.346. The molecule has 4 nitrogen and oxygen atoms in total. The van der Waals surface area contributed by atoms with E-state index in [0.29, 0.717) is 30.1 Å². The normalized spacial score (nSPS) is 11.0. The summed E-state index contributed by atoms with van der Waals surface area (Å²) in [5, 5.41) is 8.90. The first-order valence-corrected chi connectivity index (χ1v) is 6.30. The van der Waals surface area contributed by atoms with Crippen molar-refractivity contribution in [3.8, 4) is 11.8 Å². The maximum Gasteiger partial charge on any atom is 0.182 e. The third-order valence-corrected chi connectivity index (χ3v) is 2.81. The van der Waals surface area contributed by atoms with E-state index in [1.54, 1.807) is 18.3 Å². The maximum atomic E-state index is 8.90. The Kier molecular flexibility index (Phi) is 5.60. The minimum Gasteiger partial charge on any atom is -0.489 e. The molecule has 0 aliphatic heterocycles. The SMILES string of the molecule is CC(C)N(CCOc1cccnc1C#N)C(C)C. The zero-order valence-electron chi connectivity index (χ0n) is 11.6. The average Bonchev–Trinajstić information content (AvgIpc) is 2.34. The molecular weight excluding hydrogens is 226 g/mol. The predicted molar refractivity (Wildman–Crippen MR) is 71.4 cm³/mol. The summed E-state index contributed by atoms with van der Waals surface area (Å²) in [5.74, 6) is 0.562. The molecule has 1 aromatic heterocycles. The lowest BCUT2D eigenvalue weighted by atomic mass is 10.2. The number of nitriles is 1. The van der Waals surface area contributed by atoms with Crippen molar-refractivity contribution in [2.75, 3.05) is 13.2 Å². The van der Waals surface area contributed by atoms with Crippen molar-refractivity contribution in [1.29, 1.82) is 5.26 Å². The van der Waals surface area contributed by atoms with Crippen LogP contribution in [0.1, 0.15) is 33.4 Å². The molecular formula is C14H21N3O. The van der Waals surface area contributed by atoms with E-state index in [2.05, 4.69) is 37.6 Å². The lowest BCUT2D eigenvalue weighted by Gasteiger charge is -2.30. The second kappa shape index (κ2) is 6.97. The highest BCUT2D eigenvalue weighted by molar-refractivity contribution is 5.36. The van der Waals surface area contributed by atoms with Gasteiger partial charge in [-0.1, -0.05) is 0 Å². The van der Waals surface area contributed by atoms with Gasteiger partial charge in [0.15, 0.2) is 11.4 Å². The second-order valence-electron chi connectivity index (χ2n) is 4.74. The van der Waals surface area contributed by atoms with Crippen LogP contribution in [0.25, 0.3) is 0 Å². The van der Waals surface area contributed by atoms with Gasteiger partial charge in [-0.15, -0.1) is 0 Å². The Morgan fingerprint density at radius 3 is 2.56 bits per heavy atom. The summed E-state index contributed by atoms with van der Waals surface area (Å²) in [7, 11) is 0. The van der Waals surface area contributed by atoms with Crippen LogP contribution >= 0.6 is 0 Å². The molecule has 1 rings (SSSR count). The lowest BCUT2D eigenvalue weighted by Crippen LogP contribution is -2.39. The summed E-state index contributed by atoms with van der Waals surface area (Å²) < 4.78 is 5.63. The Bertz CT molecular complexity index is 402. The number of rotatable bonds is 6. The summed E-state index contributed by atoms with van der Waals surface area (Å²) in [5.41, 5.74) is 0.346. The highest BCUT2D eigenvalue weighted by Gasteiger charge is 2.13. The first-order chi connectivity index (χ1) is 8.56. The summed E-state index contributed by atoms with van der Waals surface area (Å²) >= 11 is 0. The van der Waals surface area contributed by atoms with Crippen LogP contribution in [0.2, 0.25) is 0 Å². The van der Waals surface area contributed by atoms with Crippen molar-refractivity contribution < 1.29 is 4.74 Å². The molecule has 98 valence electrons. The molecule has 4 heteroatoms. The van der Waals surface area contributed by atoms with Gasteiger partial charge < -0.3 is 4.74 Å². The van der Waals surface area contributed by atoms with Gasteiger partial charge in [0, 0.05) is 24.8 Å². The minimum absolute atomic E-state index is 0.346. The molecule has 0 aliphatic carbocycles. The third kappa shape index (κ3) is 4.01. The van der Waals surface area contributed by atoms with Crippen LogP contribution in [0.15, 0.2) is 18.3 Å². The van der Waals surface area contributed by atoms with Crippen LogP contribution in [0.4, 0.5) is 0 Å². The third-order valence-electron chi connectivity index (χ3n) is 2.81. The average molecular weight is 247 g/mol. The van der Waals surface area contributed by atoms with Crippen molar-refractivity contribution in [3.63, 3.8) is 0 Å². The molecule has 0 saturated carbocycles. The number of hydrogen-bond acceptors (Lipinski definition) is 4. The molecule has 0 bridgehead atoms. The van der Waals surface area contributed by atoms with Gasteiger partial charge in [-0.25, -0.2) is 4.98 Å².